The average molecular weight is 372 g/mol. The topological polar surface area (TPSA) is 122 Å². The number of carbonyl (C=O) groups is 2. The summed E-state index contributed by atoms with van der Waals surface area (Å²) in [6.07, 6.45) is -0.302. The first-order valence-electron chi connectivity index (χ1n) is 8.46. The first kappa shape index (κ1) is 18.4. The number of hydrogen-bond donors (Lipinski definition) is 3. The van der Waals surface area contributed by atoms with Gasteiger partial charge in [-0.1, -0.05) is 0 Å². The van der Waals surface area contributed by atoms with Crippen molar-refractivity contribution in [2.45, 2.75) is 32.8 Å². The van der Waals surface area contributed by atoms with E-state index in [9.17, 15) is 19.2 Å². The Labute approximate surface area is 154 Å². The lowest BCUT2D eigenvalue weighted by Gasteiger charge is -2.23. The first-order valence-corrected chi connectivity index (χ1v) is 8.46. The molecule has 2 amide bonds. The molecule has 2 heterocycles. The molecule has 3 N–H and O–H groups in total. The third-order valence-corrected chi connectivity index (χ3v) is 4.41. The van der Waals surface area contributed by atoms with Gasteiger partial charge in [-0.3, -0.25) is 19.0 Å². The predicted molar refractivity (Wildman–Crippen MR) is 99.2 cm³/mol. The van der Waals surface area contributed by atoms with Gasteiger partial charge in [0.15, 0.2) is 6.10 Å². The van der Waals surface area contributed by atoms with E-state index in [4.69, 9.17) is 4.74 Å². The van der Waals surface area contributed by atoms with Crippen molar-refractivity contribution in [2.24, 2.45) is 7.05 Å². The van der Waals surface area contributed by atoms with E-state index in [0.717, 1.165) is 4.57 Å². The van der Waals surface area contributed by atoms with Gasteiger partial charge in [0.2, 0.25) is 5.91 Å². The molecule has 0 saturated carbocycles. The van der Waals surface area contributed by atoms with Gasteiger partial charge in [0.25, 0.3) is 11.5 Å². The molecule has 1 aliphatic rings. The van der Waals surface area contributed by atoms with E-state index in [1.165, 1.54) is 7.05 Å². The van der Waals surface area contributed by atoms with Crippen molar-refractivity contribution in [1.29, 1.82) is 0 Å². The molecular weight excluding hydrogens is 352 g/mol. The number of aryl methyl sites for hydroxylation is 1. The van der Waals surface area contributed by atoms with Crippen molar-refractivity contribution < 1.29 is 14.3 Å². The largest absolute Gasteiger partial charge is 0.479 e. The van der Waals surface area contributed by atoms with Crippen LogP contribution in [0.15, 0.2) is 27.8 Å². The van der Waals surface area contributed by atoms with Crippen molar-refractivity contribution in [1.82, 2.24) is 9.55 Å². The molecule has 0 unspecified atom stereocenters. The molecule has 0 saturated heterocycles. The molecule has 142 valence electrons. The van der Waals surface area contributed by atoms with Gasteiger partial charge in [0, 0.05) is 30.4 Å². The van der Waals surface area contributed by atoms with Crippen molar-refractivity contribution in [3.8, 4) is 5.75 Å². The zero-order valence-corrected chi connectivity index (χ0v) is 15.2. The third-order valence-electron chi connectivity index (χ3n) is 4.41. The van der Waals surface area contributed by atoms with Gasteiger partial charge in [0.05, 0.1) is 5.69 Å². The number of nitrogens with one attached hydrogen (secondary N) is 3. The Morgan fingerprint density at radius 1 is 1.30 bits per heavy atom. The van der Waals surface area contributed by atoms with Crippen molar-refractivity contribution in [3.63, 3.8) is 0 Å². The molecule has 0 spiro atoms. The van der Waals surface area contributed by atoms with Crippen molar-refractivity contribution in [3.05, 3.63) is 50.3 Å². The second-order valence-corrected chi connectivity index (χ2v) is 6.41. The number of aromatic nitrogens is 2. The number of fused-ring (bicyclic) bond motifs is 1. The van der Waals surface area contributed by atoms with Crippen LogP contribution in [0.3, 0.4) is 0 Å². The van der Waals surface area contributed by atoms with Crippen LogP contribution in [0.25, 0.3) is 0 Å². The Hall–Kier alpha value is -3.36. The van der Waals surface area contributed by atoms with Gasteiger partial charge in [0.1, 0.15) is 5.75 Å². The summed E-state index contributed by atoms with van der Waals surface area (Å²) in [6, 6.07) is 4.95. The smallest absolute Gasteiger partial charge is 0.328 e. The predicted octanol–water partition coefficient (Wildman–Crippen LogP) is 0.673. The number of ether oxygens (including phenoxy) is 1. The maximum atomic E-state index is 12.2. The Morgan fingerprint density at radius 2 is 2.04 bits per heavy atom. The SMILES string of the molecule is Cc1[nH]c(=O)n(C)c(=O)c1CCC(=O)Nc1ccc2c(c1)NC(=O)[C@@H](C)O2. The standard InChI is InChI=1S/C18H20N4O5/c1-9-12(17(25)22(3)18(26)19-9)5-7-15(23)20-11-4-6-14-13(8-11)21-16(24)10(2)27-14/h4,6,8,10H,5,7H2,1-3H3,(H,19,26)(H,20,23)(H,21,24)/t10-/m1/s1. The molecule has 1 aromatic carbocycles. The number of benzene rings is 1. The van der Waals surface area contributed by atoms with Gasteiger partial charge < -0.3 is 20.4 Å². The molecular formula is C18H20N4O5. The number of anilines is 2. The molecule has 1 atom stereocenters. The van der Waals surface area contributed by atoms with E-state index < -0.39 is 17.4 Å². The minimum absolute atomic E-state index is 0.0686. The Morgan fingerprint density at radius 3 is 2.78 bits per heavy atom. The van der Waals surface area contributed by atoms with Crippen LogP contribution in [0.1, 0.15) is 24.6 Å². The molecule has 3 rings (SSSR count). The van der Waals surface area contributed by atoms with Crippen LogP contribution in [-0.4, -0.2) is 27.5 Å². The maximum absolute atomic E-state index is 12.2. The summed E-state index contributed by atoms with van der Waals surface area (Å²) in [7, 11) is 1.38. The minimum atomic E-state index is -0.568. The summed E-state index contributed by atoms with van der Waals surface area (Å²) in [5, 5.41) is 5.44. The second-order valence-electron chi connectivity index (χ2n) is 6.41. The van der Waals surface area contributed by atoms with Crippen LogP contribution < -0.4 is 26.6 Å². The summed E-state index contributed by atoms with van der Waals surface area (Å²) in [4.78, 5) is 50.2. The summed E-state index contributed by atoms with van der Waals surface area (Å²) in [6.45, 7) is 3.28. The number of aromatic amines is 1. The molecule has 1 aromatic heterocycles. The molecule has 0 radical (unpaired) electrons. The molecule has 1 aliphatic heterocycles. The van der Waals surface area contributed by atoms with Crippen LogP contribution in [0.2, 0.25) is 0 Å². The molecule has 0 aliphatic carbocycles. The lowest BCUT2D eigenvalue weighted by Crippen LogP contribution is -2.36. The molecule has 0 bridgehead atoms. The van der Waals surface area contributed by atoms with Gasteiger partial charge in [-0.05, 0) is 38.5 Å². The van der Waals surface area contributed by atoms with Crippen LogP contribution in [0.5, 0.6) is 5.75 Å². The van der Waals surface area contributed by atoms with Crippen LogP contribution in [0, 0.1) is 6.92 Å². The lowest BCUT2D eigenvalue weighted by molar-refractivity contribution is -0.122. The highest BCUT2D eigenvalue weighted by atomic mass is 16.5. The first-order chi connectivity index (χ1) is 12.8. The number of H-pyrrole nitrogens is 1. The maximum Gasteiger partial charge on any atom is 0.328 e. The Kier molecular flexibility index (Phi) is 4.85. The quantitative estimate of drug-likeness (QED) is 0.728. The molecule has 9 heteroatoms. The van der Waals surface area contributed by atoms with Gasteiger partial charge in [-0.25, -0.2) is 4.79 Å². The number of nitrogens with zero attached hydrogens (tertiary/aromatic N) is 1. The highest BCUT2D eigenvalue weighted by Crippen LogP contribution is 2.32. The van der Waals surface area contributed by atoms with Gasteiger partial charge in [-0.15, -0.1) is 0 Å². The molecule has 2 aromatic rings. The fraction of sp³-hybridized carbons (Fsp3) is 0.333. The highest BCUT2D eigenvalue weighted by molar-refractivity contribution is 5.99. The summed E-state index contributed by atoms with van der Waals surface area (Å²) in [5.41, 5.74) is 0.945. The third kappa shape index (κ3) is 3.76. The Bertz CT molecular complexity index is 1040. The molecule has 27 heavy (non-hydrogen) atoms. The number of rotatable bonds is 4. The van der Waals surface area contributed by atoms with Gasteiger partial charge in [-0.2, -0.15) is 0 Å². The van der Waals surface area contributed by atoms with Crippen molar-refractivity contribution >= 4 is 23.2 Å². The fourth-order valence-electron chi connectivity index (χ4n) is 2.82. The molecule has 9 nitrogen and oxygen atoms in total. The minimum Gasteiger partial charge on any atom is -0.479 e. The van der Waals surface area contributed by atoms with E-state index >= 15 is 0 Å². The summed E-state index contributed by atoms with van der Waals surface area (Å²) >= 11 is 0. The molecule has 0 fully saturated rings. The van der Waals surface area contributed by atoms with E-state index in [-0.39, 0.29) is 24.7 Å². The fourth-order valence-corrected chi connectivity index (χ4v) is 2.82. The van der Waals surface area contributed by atoms with E-state index in [1.807, 2.05) is 0 Å². The zero-order chi connectivity index (χ0) is 19.7. The second kappa shape index (κ2) is 7.10. The van der Waals surface area contributed by atoms with Crippen LogP contribution in [-0.2, 0) is 23.1 Å². The summed E-state index contributed by atoms with van der Waals surface area (Å²) < 4.78 is 6.45. The van der Waals surface area contributed by atoms with Crippen molar-refractivity contribution in [2.75, 3.05) is 10.6 Å². The van der Waals surface area contributed by atoms with E-state index in [0.29, 0.717) is 28.4 Å². The zero-order valence-electron chi connectivity index (χ0n) is 15.2. The number of hydrogen-bond acceptors (Lipinski definition) is 5. The average Bonchev–Trinajstić information content (AvgIpc) is 2.61. The highest BCUT2D eigenvalue weighted by Gasteiger charge is 2.23. The summed E-state index contributed by atoms with van der Waals surface area (Å²) in [5.74, 6) is -0.0122. The van der Waals surface area contributed by atoms with Crippen LogP contribution >= 0.6 is 0 Å². The Balaban J connectivity index is 1.68. The van der Waals surface area contributed by atoms with E-state index in [1.54, 1.807) is 32.0 Å². The van der Waals surface area contributed by atoms with Crippen LogP contribution in [0.4, 0.5) is 11.4 Å². The monoisotopic (exact) mass is 372 g/mol. The van der Waals surface area contributed by atoms with Gasteiger partial charge >= 0.3 is 5.69 Å². The number of carbonyl (C=O) groups excluding carboxylic acids is 2. The lowest BCUT2D eigenvalue weighted by atomic mass is 10.1. The number of amides is 2. The normalized spacial score (nSPS) is 15.5. The van der Waals surface area contributed by atoms with E-state index in [2.05, 4.69) is 15.6 Å².